The number of hydrogen-bond acceptors (Lipinski definition) is 2. The van der Waals surface area contributed by atoms with E-state index in [-0.39, 0.29) is 5.75 Å². The molecule has 21 heavy (non-hydrogen) atoms. The summed E-state index contributed by atoms with van der Waals surface area (Å²) in [6.45, 7) is 1.78. The summed E-state index contributed by atoms with van der Waals surface area (Å²) in [5.74, 6) is 0.585. The summed E-state index contributed by atoms with van der Waals surface area (Å²) in [7, 11) is 0. The number of benzene rings is 2. The molecule has 0 saturated carbocycles. The third-order valence-corrected chi connectivity index (χ3v) is 3.21. The highest BCUT2D eigenvalue weighted by Crippen LogP contribution is 2.34. The van der Waals surface area contributed by atoms with Crippen molar-refractivity contribution in [3.63, 3.8) is 0 Å². The van der Waals surface area contributed by atoms with Gasteiger partial charge in [-0.2, -0.15) is 18.4 Å². The van der Waals surface area contributed by atoms with Gasteiger partial charge < -0.3 is 4.74 Å². The first-order valence-electron chi connectivity index (χ1n) is 5.86. The predicted molar refractivity (Wildman–Crippen MR) is 72.4 cm³/mol. The van der Waals surface area contributed by atoms with Gasteiger partial charge in [0.1, 0.15) is 11.5 Å². The van der Waals surface area contributed by atoms with Crippen molar-refractivity contribution in [2.24, 2.45) is 0 Å². The fourth-order valence-electron chi connectivity index (χ4n) is 1.74. The van der Waals surface area contributed by atoms with Crippen molar-refractivity contribution in [2.45, 2.75) is 13.1 Å². The Hall–Kier alpha value is -2.19. The van der Waals surface area contributed by atoms with E-state index < -0.39 is 17.3 Å². The highest BCUT2D eigenvalue weighted by atomic mass is 35.5. The molecule has 0 aliphatic heterocycles. The lowest BCUT2D eigenvalue weighted by Gasteiger charge is -2.11. The predicted octanol–water partition coefficient (Wildman–Crippen LogP) is 5.33. The van der Waals surface area contributed by atoms with Crippen molar-refractivity contribution in [3.8, 4) is 17.6 Å². The topological polar surface area (TPSA) is 33.0 Å². The lowest BCUT2D eigenvalue weighted by molar-refractivity contribution is -0.137. The Morgan fingerprint density at radius 1 is 1.10 bits per heavy atom. The van der Waals surface area contributed by atoms with Crippen LogP contribution in [0.1, 0.15) is 16.7 Å². The van der Waals surface area contributed by atoms with Gasteiger partial charge in [0.25, 0.3) is 0 Å². The number of nitriles is 1. The van der Waals surface area contributed by atoms with Crippen LogP contribution in [0.5, 0.6) is 11.5 Å². The minimum Gasteiger partial charge on any atom is -0.457 e. The molecule has 0 amide bonds. The minimum atomic E-state index is -4.57. The largest absolute Gasteiger partial charge is 0.457 e. The molecule has 0 aliphatic rings. The van der Waals surface area contributed by atoms with E-state index in [0.29, 0.717) is 10.8 Å². The summed E-state index contributed by atoms with van der Waals surface area (Å²) in [4.78, 5) is 0. The Kier molecular flexibility index (Phi) is 4.10. The lowest BCUT2D eigenvalue weighted by atomic mass is 10.1. The zero-order chi connectivity index (χ0) is 15.6. The molecule has 0 heterocycles. The highest BCUT2D eigenvalue weighted by Gasteiger charge is 2.33. The van der Waals surface area contributed by atoms with Crippen LogP contribution in [0.25, 0.3) is 0 Å². The van der Waals surface area contributed by atoms with Gasteiger partial charge in [-0.3, -0.25) is 0 Å². The summed E-state index contributed by atoms with van der Waals surface area (Å²) in [5, 5.41) is 9.39. The SMILES string of the molecule is Cc1cc(Oc2ccc(C(F)(F)F)c(C#N)c2)ccc1Cl. The number of aryl methyl sites for hydroxylation is 1. The fraction of sp³-hybridized carbons (Fsp3) is 0.133. The molecule has 2 aromatic carbocycles. The van der Waals surface area contributed by atoms with Crippen LogP contribution in [0.3, 0.4) is 0 Å². The van der Waals surface area contributed by atoms with Crippen LogP contribution in [-0.4, -0.2) is 0 Å². The van der Waals surface area contributed by atoms with Crippen molar-refractivity contribution >= 4 is 11.6 Å². The van der Waals surface area contributed by atoms with Gasteiger partial charge in [-0.25, -0.2) is 0 Å². The summed E-state index contributed by atoms with van der Waals surface area (Å²) in [5.41, 5.74) is -0.683. The molecule has 0 radical (unpaired) electrons. The Morgan fingerprint density at radius 2 is 1.71 bits per heavy atom. The van der Waals surface area contributed by atoms with Crippen molar-refractivity contribution < 1.29 is 17.9 Å². The molecule has 0 atom stereocenters. The summed E-state index contributed by atoms with van der Waals surface area (Å²) in [6, 6.07) is 9.48. The normalized spacial score (nSPS) is 11.0. The molecular weight excluding hydrogens is 303 g/mol. The zero-order valence-corrected chi connectivity index (χ0v) is 11.6. The van der Waals surface area contributed by atoms with Crippen molar-refractivity contribution in [1.82, 2.24) is 0 Å². The summed E-state index contributed by atoms with van der Waals surface area (Å²) >= 11 is 5.88. The number of ether oxygens (including phenoxy) is 1. The van der Waals surface area contributed by atoms with Crippen molar-refractivity contribution in [1.29, 1.82) is 5.26 Å². The van der Waals surface area contributed by atoms with Crippen LogP contribution in [-0.2, 0) is 6.18 Å². The standard InChI is InChI=1S/C15H9ClF3NO/c1-9-6-11(3-5-14(9)16)21-12-2-4-13(15(17,18)19)10(7-12)8-20/h2-7H,1H3. The molecule has 2 aromatic rings. The van der Waals surface area contributed by atoms with Gasteiger partial charge in [0.05, 0.1) is 17.2 Å². The van der Waals surface area contributed by atoms with Crippen LogP contribution in [0.2, 0.25) is 5.02 Å². The zero-order valence-electron chi connectivity index (χ0n) is 10.8. The van der Waals surface area contributed by atoms with Gasteiger partial charge in [0, 0.05) is 5.02 Å². The third-order valence-electron chi connectivity index (χ3n) is 2.78. The quantitative estimate of drug-likeness (QED) is 0.751. The van der Waals surface area contributed by atoms with Crippen molar-refractivity contribution in [2.75, 3.05) is 0 Å². The first kappa shape index (κ1) is 15.2. The van der Waals surface area contributed by atoms with Gasteiger partial charge in [-0.15, -0.1) is 0 Å². The molecule has 0 N–H and O–H groups in total. The summed E-state index contributed by atoms with van der Waals surface area (Å²) < 4.78 is 43.5. The lowest BCUT2D eigenvalue weighted by Crippen LogP contribution is -2.07. The maximum atomic E-state index is 12.7. The van der Waals surface area contributed by atoms with Gasteiger partial charge in [0.2, 0.25) is 0 Å². The maximum absolute atomic E-state index is 12.7. The Morgan fingerprint density at radius 3 is 2.29 bits per heavy atom. The Labute approximate surface area is 124 Å². The van der Waals surface area contributed by atoms with E-state index in [9.17, 15) is 13.2 Å². The molecule has 0 spiro atoms. The molecule has 6 heteroatoms. The minimum absolute atomic E-state index is 0.154. The third kappa shape index (κ3) is 3.47. The molecule has 0 saturated heterocycles. The first-order chi connectivity index (χ1) is 9.81. The van der Waals surface area contributed by atoms with Gasteiger partial charge in [0.15, 0.2) is 0 Å². The van der Waals surface area contributed by atoms with E-state index in [1.54, 1.807) is 25.1 Å². The van der Waals surface area contributed by atoms with Gasteiger partial charge in [-0.05, 0) is 48.9 Å². The van der Waals surface area contributed by atoms with E-state index in [4.69, 9.17) is 21.6 Å². The number of halogens is 4. The Balaban J connectivity index is 2.34. The molecule has 0 aromatic heterocycles. The molecule has 0 fully saturated rings. The number of hydrogen-bond donors (Lipinski definition) is 0. The van der Waals surface area contributed by atoms with Crippen LogP contribution >= 0.6 is 11.6 Å². The van der Waals surface area contributed by atoms with E-state index in [1.807, 2.05) is 0 Å². The van der Waals surface area contributed by atoms with Crippen molar-refractivity contribution in [3.05, 3.63) is 58.1 Å². The molecular formula is C15H9ClF3NO. The van der Waals surface area contributed by atoms with Gasteiger partial charge >= 0.3 is 6.18 Å². The van der Waals surface area contributed by atoms with Crippen LogP contribution < -0.4 is 4.74 Å². The molecule has 0 unspecified atom stereocenters. The van der Waals surface area contributed by atoms with Crippen LogP contribution in [0.4, 0.5) is 13.2 Å². The van der Waals surface area contributed by atoms with Crippen LogP contribution in [0, 0.1) is 18.3 Å². The first-order valence-corrected chi connectivity index (χ1v) is 6.24. The Bertz CT molecular complexity index is 720. The van der Waals surface area contributed by atoms with E-state index in [2.05, 4.69) is 0 Å². The number of nitrogens with zero attached hydrogens (tertiary/aromatic N) is 1. The van der Waals surface area contributed by atoms with Gasteiger partial charge in [-0.1, -0.05) is 11.6 Å². The monoisotopic (exact) mass is 311 g/mol. The maximum Gasteiger partial charge on any atom is 0.417 e. The second-order valence-electron chi connectivity index (χ2n) is 4.33. The average Bonchev–Trinajstić information content (AvgIpc) is 2.41. The molecule has 108 valence electrons. The number of rotatable bonds is 2. The molecule has 0 bridgehead atoms. The fourth-order valence-corrected chi connectivity index (χ4v) is 1.86. The molecule has 2 rings (SSSR count). The number of alkyl halides is 3. The van der Waals surface area contributed by atoms with E-state index >= 15 is 0 Å². The summed E-state index contributed by atoms with van der Waals surface area (Å²) in [6.07, 6.45) is -4.57. The molecule has 2 nitrogen and oxygen atoms in total. The van der Waals surface area contributed by atoms with E-state index in [0.717, 1.165) is 17.7 Å². The highest BCUT2D eigenvalue weighted by molar-refractivity contribution is 6.31. The second-order valence-corrected chi connectivity index (χ2v) is 4.74. The second kappa shape index (κ2) is 5.66. The average molecular weight is 312 g/mol. The van der Waals surface area contributed by atoms with Crippen LogP contribution in [0.15, 0.2) is 36.4 Å². The van der Waals surface area contributed by atoms with E-state index in [1.165, 1.54) is 12.1 Å². The molecule has 0 aliphatic carbocycles. The smallest absolute Gasteiger partial charge is 0.417 e.